The van der Waals surface area contributed by atoms with E-state index in [1.165, 1.54) is 18.4 Å². The number of esters is 1. The normalized spacial score (nSPS) is 18.5. The Labute approximate surface area is 170 Å². The van der Waals surface area contributed by atoms with Crippen LogP contribution < -0.4 is 4.90 Å². The first-order chi connectivity index (χ1) is 13.2. The molecule has 1 unspecified atom stereocenters. The predicted molar refractivity (Wildman–Crippen MR) is 114 cm³/mol. The van der Waals surface area contributed by atoms with Crippen molar-refractivity contribution >= 4 is 35.0 Å². The summed E-state index contributed by atoms with van der Waals surface area (Å²) < 4.78 is 7.53. The second-order valence-electron chi connectivity index (χ2n) is 7.46. The number of fused-ring (bicyclic) bond motifs is 7. The number of hydrogen-bond donors (Lipinski definition) is 0. The van der Waals surface area contributed by atoms with E-state index in [-0.39, 0.29) is 24.4 Å². The third kappa shape index (κ3) is 2.69. The van der Waals surface area contributed by atoms with E-state index in [4.69, 9.17) is 4.74 Å². The highest BCUT2D eigenvalue weighted by molar-refractivity contribution is 6.06. The zero-order valence-electron chi connectivity index (χ0n) is 16.1. The quantitative estimate of drug-likeness (QED) is 0.587. The molecular weight excluding hydrogens is 374 g/mol. The van der Waals surface area contributed by atoms with Gasteiger partial charge in [0.05, 0.1) is 24.4 Å². The van der Waals surface area contributed by atoms with Crippen molar-refractivity contribution in [2.45, 2.75) is 12.6 Å². The fraction of sp³-hybridized carbons (Fsp3) is 0.318. The summed E-state index contributed by atoms with van der Waals surface area (Å²) in [5.41, 5.74) is 5.46. The first-order valence-corrected chi connectivity index (χ1v) is 9.41. The van der Waals surface area contributed by atoms with Crippen LogP contribution in [0.3, 0.4) is 0 Å². The maximum atomic E-state index is 12.8. The smallest absolute Gasteiger partial charge is 0.340 e. The minimum atomic E-state index is -0.251. The molecule has 0 N–H and O–H groups in total. The van der Waals surface area contributed by atoms with E-state index in [2.05, 4.69) is 51.7 Å². The molecule has 28 heavy (non-hydrogen) atoms. The van der Waals surface area contributed by atoms with Crippen molar-refractivity contribution in [1.82, 2.24) is 9.47 Å². The van der Waals surface area contributed by atoms with Gasteiger partial charge >= 0.3 is 5.97 Å². The Balaban J connectivity index is 0.00000192. The molecule has 2 aliphatic heterocycles. The van der Waals surface area contributed by atoms with Gasteiger partial charge in [-0.05, 0) is 24.7 Å². The van der Waals surface area contributed by atoms with Gasteiger partial charge in [-0.2, -0.15) is 0 Å². The molecule has 5 nitrogen and oxygen atoms in total. The van der Waals surface area contributed by atoms with Crippen LogP contribution in [-0.4, -0.2) is 49.2 Å². The number of carbonyl (C=O) groups excluding carboxylic acids is 1. The van der Waals surface area contributed by atoms with Crippen molar-refractivity contribution in [2.75, 3.05) is 38.7 Å². The second kappa shape index (κ2) is 7.15. The summed E-state index contributed by atoms with van der Waals surface area (Å²) in [6, 6.07) is 16.9. The Morgan fingerprint density at radius 1 is 1.07 bits per heavy atom. The number of para-hydroxylation sites is 2. The van der Waals surface area contributed by atoms with Crippen LogP contribution in [0.25, 0.3) is 10.9 Å². The average Bonchev–Trinajstić information content (AvgIpc) is 2.94. The van der Waals surface area contributed by atoms with E-state index < -0.39 is 0 Å². The van der Waals surface area contributed by atoms with Gasteiger partial charge in [-0.25, -0.2) is 4.79 Å². The number of carbonyl (C=O) groups is 1. The topological polar surface area (TPSA) is 37.7 Å². The molecule has 1 atom stereocenters. The third-order valence-electron chi connectivity index (χ3n) is 5.93. The van der Waals surface area contributed by atoms with Crippen LogP contribution in [0.4, 0.5) is 5.69 Å². The number of rotatable bonds is 1. The molecule has 0 radical (unpaired) electrons. The fourth-order valence-corrected chi connectivity index (χ4v) is 4.69. The number of benzene rings is 2. The number of methoxy groups -OCH3 is 1. The van der Waals surface area contributed by atoms with E-state index in [1.807, 2.05) is 18.2 Å². The highest BCUT2D eigenvalue weighted by Gasteiger charge is 2.37. The van der Waals surface area contributed by atoms with E-state index in [0.29, 0.717) is 5.56 Å². The molecule has 3 aromatic rings. The van der Waals surface area contributed by atoms with Gasteiger partial charge < -0.3 is 19.1 Å². The summed E-state index contributed by atoms with van der Waals surface area (Å²) >= 11 is 0. The van der Waals surface area contributed by atoms with Gasteiger partial charge in [-0.15, -0.1) is 12.4 Å². The summed E-state index contributed by atoms with van der Waals surface area (Å²) in [6.45, 7) is 3.60. The molecule has 1 fully saturated rings. The number of likely N-dealkylation sites (N-methyl/N-ethyl adjacent to an activating group) is 1. The lowest BCUT2D eigenvalue weighted by Crippen LogP contribution is -2.47. The van der Waals surface area contributed by atoms with E-state index in [1.54, 1.807) is 0 Å². The number of halogens is 1. The highest BCUT2D eigenvalue weighted by Crippen LogP contribution is 2.41. The maximum Gasteiger partial charge on any atom is 0.340 e. The van der Waals surface area contributed by atoms with Crippen LogP contribution in [0.1, 0.15) is 27.7 Å². The molecule has 0 aliphatic carbocycles. The summed E-state index contributed by atoms with van der Waals surface area (Å²) in [4.78, 5) is 17.7. The first kappa shape index (κ1) is 18.8. The van der Waals surface area contributed by atoms with E-state index in [9.17, 15) is 4.79 Å². The van der Waals surface area contributed by atoms with Crippen molar-refractivity contribution < 1.29 is 9.53 Å². The summed E-state index contributed by atoms with van der Waals surface area (Å²) in [6.07, 6.45) is 0. The molecule has 2 aliphatic rings. The summed E-state index contributed by atoms with van der Waals surface area (Å²) in [5.74, 6) is -0.251. The van der Waals surface area contributed by atoms with Gasteiger partial charge in [-0.1, -0.05) is 36.4 Å². The van der Waals surface area contributed by atoms with Crippen LogP contribution in [0, 0.1) is 0 Å². The molecular formula is C22H24ClN3O2. The Morgan fingerprint density at radius 2 is 1.82 bits per heavy atom. The monoisotopic (exact) mass is 397 g/mol. The number of nitrogens with zero attached hydrogens (tertiary/aromatic N) is 3. The van der Waals surface area contributed by atoms with Crippen LogP contribution in [0.15, 0.2) is 48.5 Å². The van der Waals surface area contributed by atoms with Crippen molar-refractivity contribution in [3.8, 4) is 0 Å². The molecule has 0 amide bonds. The number of hydrogen-bond acceptors (Lipinski definition) is 4. The zero-order valence-corrected chi connectivity index (χ0v) is 16.9. The van der Waals surface area contributed by atoms with Crippen LogP contribution in [0.5, 0.6) is 0 Å². The number of ether oxygens (including phenoxy) is 1. The van der Waals surface area contributed by atoms with Gasteiger partial charge in [0.25, 0.3) is 0 Å². The predicted octanol–water partition coefficient (Wildman–Crippen LogP) is 3.70. The van der Waals surface area contributed by atoms with Crippen molar-refractivity contribution in [3.05, 3.63) is 65.4 Å². The number of aromatic nitrogens is 1. The van der Waals surface area contributed by atoms with Crippen molar-refractivity contribution in [1.29, 1.82) is 0 Å². The Morgan fingerprint density at radius 3 is 2.64 bits per heavy atom. The number of anilines is 1. The van der Waals surface area contributed by atoms with Crippen molar-refractivity contribution in [2.24, 2.45) is 0 Å². The molecule has 0 saturated carbocycles. The first-order valence-electron chi connectivity index (χ1n) is 9.41. The maximum absolute atomic E-state index is 12.8. The van der Waals surface area contributed by atoms with Gasteiger partial charge in [0.1, 0.15) is 0 Å². The lowest BCUT2D eigenvalue weighted by molar-refractivity contribution is 0.0600. The molecule has 3 heterocycles. The van der Waals surface area contributed by atoms with Gasteiger partial charge in [-0.3, -0.25) is 0 Å². The molecule has 146 valence electrons. The Kier molecular flexibility index (Phi) is 4.81. The van der Waals surface area contributed by atoms with Gasteiger partial charge in [0.15, 0.2) is 0 Å². The molecule has 1 saturated heterocycles. The minimum absolute atomic E-state index is 0. The van der Waals surface area contributed by atoms with Crippen LogP contribution in [0.2, 0.25) is 0 Å². The van der Waals surface area contributed by atoms with E-state index in [0.717, 1.165) is 42.8 Å². The van der Waals surface area contributed by atoms with E-state index >= 15 is 0 Å². The standard InChI is InChI=1S/C22H23N3O2.ClH/c1-23-11-12-24-17-9-5-3-7-15(17)13-25-18-10-6-4-8-16(18)20(22(26)27-2)21(25)19(24)14-23;/h3-10,19H,11-14H2,1-2H3;1H. The molecule has 5 rings (SSSR count). The Bertz CT molecular complexity index is 1050. The van der Waals surface area contributed by atoms with Crippen LogP contribution >= 0.6 is 12.4 Å². The van der Waals surface area contributed by atoms with Gasteiger partial charge in [0.2, 0.25) is 0 Å². The Hall–Kier alpha value is -2.50. The minimum Gasteiger partial charge on any atom is -0.465 e. The molecule has 1 aromatic heterocycles. The summed E-state index contributed by atoms with van der Waals surface area (Å²) in [5, 5.41) is 0.979. The largest absolute Gasteiger partial charge is 0.465 e. The highest BCUT2D eigenvalue weighted by atomic mass is 35.5. The molecule has 0 bridgehead atoms. The molecule has 6 heteroatoms. The fourth-order valence-electron chi connectivity index (χ4n) is 4.69. The second-order valence-corrected chi connectivity index (χ2v) is 7.46. The third-order valence-corrected chi connectivity index (χ3v) is 5.93. The zero-order chi connectivity index (χ0) is 18.5. The van der Waals surface area contributed by atoms with Gasteiger partial charge in [0, 0.05) is 42.8 Å². The molecule has 2 aromatic carbocycles. The van der Waals surface area contributed by atoms with Crippen molar-refractivity contribution in [3.63, 3.8) is 0 Å². The van der Waals surface area contributed by atoms with Crippen LogP contribution in [-0.2, 0) is 11.3 Å². The SMILES string of the molecule is COC(=O)c1c2n(c3ccccc13)Cc1ccccc1N1CCN(C)CC21.Cl. The lowest BCUT2D eigenvalue weighted by Gasteiger charge is -2.41. The average molecular weight is 398 g/mol. The molecule has 0 spiro atoms. The summed E-state index contributed by atoms with van der Waals surface area (Å²) in [7, 11) is 3.62. The number of piperazine rings is 1. The lowest BCUT2D eigenvalue weighted by atomic mass is 10.0.